The first kappa shape index (κ1) is 21.8. The second kappa shape index (κ2) is 8.45. The summed E-state index contributed by atoms with van der Waals surface area (Å²) in [5.41, 5.74) is 6.02. The molecule has 0 aromatic carbocycles. The molecular weight excluding hydrogens is 399 g/mol. The lowest BCUT2D eigenvalue weighted by molar-refractivity contribution is -0.127. The van der Waals surface area contributed by atoms with Gasteiger partial charge in [-0.15, -0.1) is 0 Å². The smallest absolute Gasteiger partial charge is 0.223 e. The Kier molecular flexibility index (Phi) is 6.58. The maximum absolute atomic E-state index is 13.6. The van der Waals surface area contributed by atoms with E-state index < -0.39 is 63.8 Å². The van der Waals surface area contributed by atoms with Crippen LogP contribution in [0, 0.1) is 5.92 Å². The summed E-state index contributed by atoms with van der Waals surface area (Å²) in [6.07, 6.45) is -6.35. The van der Waals surface area contributed by atoms with Crippen LogP contribution in [0.4, 0.5) is 13.2 Å². The van der Waals surface area contributed by atoms with Crippen LogP contribution in [0.3, 0.4) is 0 Å². The van der Waals surface area contributed by atoms with Crippen molar-refractivity contribution in [3.05, 3.63) is 0 Å². The van der Waals surface area contributed by atoms with Gasteiger partial charge in [0.05, 0.1) is 11.4 Å². The highest BCUT2D eigenvalue weighted by Gasteiger charge is 2.45. The van der Waals surface area contributed by atoms with Crippen LogP contribution in [-0.4, -0.2) is 78.8 Å². The van der Waals surface area contributed by atoms with Crippen LogP contribution >= 0.6 is 0 Å². The van der Waals surface area contributed by atoms with Gasteiger partial charge in [0.1, 0.15) is 12.3 Å². The molecule has 3 rings (SSSR count). The van der Waals surface area contributed by atoms with Gasteiger partial charge in [-0.1, -0.05) is 0 Å². The summed E-state index contributed by atoms with van der Waals surface area (Å²) in [5.74, 6) is -1.12. The van der Waals surface area contributed by atoms with Crippen molar-refractivity contribution in [3.63, 3.8) is 0 Å². The van der Waals surface area contributed by atoms with Crippen molar-refractivity contribution in [1.29, 1.82) is 0 Å². The third kappa shape index (κ3) is 4.47. The molecule has 1 heterocycles. The topological polar surface area (TPSA) is 113 Å². The third-order valence-electron chi connectivity index (χ3n) is 6.14. The highest BCUT2D eigenvalue weighted by atomic mass is 32.2. The molecule has 2 aliphatic carbocycles. The van der Waals surface area contributed by atoms with Gasteiger partial charge in [-0.2, -0.15) is 4.31 Å². The lowest BCUT2D eigenvalue weighted by atomic mass is 9.84. The Hall–Kier alpha value is -0.910. The average Bonchev–Trinajstić information content (AvgIpc) is 3.07. The highest BCUT2D eigenvalue weighted by molar-refractivity contribution is 7.89. The largest absolute Gasteiger partial charge is 0.392 e. The monoisotopic (exact) mass is 427 g/mol. The van der Waals surface area contributed by atoms with Gasteiger partial charge in [-0.25, -0.2) is 21.6 Å². The zero-order chi connectivity index (χ0) is 20.6. The van der Waals surface area contributed by atoms with E-state index in [0.29, 0.717) is 19.3 Å². The summed E-state index contributed by atoms with van der Waals surface area (Å²) in [6, 6.07) is -1.44. The second-order valence-corrected chi connectivity index (χ2v) is 10.4. The van der Waals surface area contributed by atoms with E-state index in [1.165, 1.54) is 4.31 Å². The molecule has 11 heteroatoms. The number of sulfonamides is 1. The van der Waals surface area contributed by atoms with Gasteiger partial charge in [0, 0.05) is 43.9 Å². The van der Waals surface area contributed by atoms with Crippen LogP contribution in [0.2, 0.25) is 0 Å². The number of hydrogen-bond donors (Lipinski definition) is 3. The number of β-amino-alcohol motifs (C(OH)–C–C–N with tert-alkyl or cyclic N) is 1. The molecule has 3 fully saturated rings. The van der Waals surface area contributed by atoms with E-state index >= 15 is 0 Å². The maximum Gasteiger partial charge on any atom is 0.223 e. The predicted octanol–water partition coefficient (Wildman–Crippen LogP) is 0.172. The van der Waals surface area contributed by atoms with Gasteiger partial charge in [0.25, 0.3) is 0 Å². The van der Waals surface area contributed by atoms with Crippen molar-refractivity contribution < 1.29 is 31.5 Å². The van der Waals surface area contributed by atoms with Gasteiger partial charge in [-0.05, 0) is 25.7 Å². The lowest BCUT2D eigenvalue weighted by Gasteiger charge is -2.36. The molecule has 0 radical (unpaired) electrons. The number of carbonyl (C=O) groups is 1. The molecule has 3 aliphatic rings. The normalized spacial score (nSPS) is 43.0. The second-order valence-electron chi connectivity index (χ2n) is 8.21. The minimum absolute atomic E-state index is 0.0124. The van der Waals surface area contributed by atoms with E-state index in [0.717, 1.165) is 0 Å². The number of alkyl halides is 3. The van der Waals surface area contributed by atoms with E-state index in [-0.39, 0.29) is 32.4 Å². The number of aliphatic hydroxyl groups is 1. The number of nitrogens with two attached hydrogens (primary N) is 1. The fourth-order valence-electron chi connectivity index (χ4n) is 4.43. The molecule has 162 valence electrons. The highest BCUT2D eigenvalue weighted by Crippen LogP contribution is 2.32. The van der Waals surface area contributed by atoms with E-state index in [9.17, 15) is 31.5 Å². The lowest BCUT2D eigenvalue weighted by Crippen LogP contribution is -2.54. The van der Waals surface area contributed by atoms with Crippen LogP contribution < -0.4 is 11.1 Å². The Morgan fingerprint density at radius 2 is 1.71 bits per heavy atom. The van der Waals surface area contributed by atoms with Crippen LogP contribution in [0.5, 0.6) is 0 Å². The van der Waals surface area contributed by atoms with E-state index in [1.807, 2.05) is 0 Å². The number of aliphatic hydroxyl groups excluding tert-OH is 1. The number of nitrogens with zero attached hydrogens (tertiary/aromatic N) is 1. The first-order valence-electron chi connectivity index (χ1n) is 9.74. The molecule has 7 nitrogen and oxygen atoms in total. The Labute approximate surface area is 162 Å². The molecule has 0 spiro atoms. The van der Waals surface area contributed by atoms with Crippen molar-refractivity contribution in [1.82, 2.24) is 9.62 Å². The van der Waals surface area contributed by atoms with Crippen molar-refractivity contribution >= 4 is 15.9 Å². The Morgan fingerprint density at radius 3 is 2.29 bits per heavy atom. The van der Waals surface area contributed by atoms with Crippen LogP contribution in [-0.2, 0) is 14.8 Å². The van der Waals surface area contributed by atoms with E-state index in [4.69, 9.17) is 5.73 Å². The number of halogens is 3. The zero-order valence-electron chi connectivity index (χ0n) is 15.5. The van der Waals surface area contributed by atoms with Gasteiger partial charge in [0.15, 0.2) is 6.17 Å². The Bertz CT molecular complexity index is 671. The fraction of sp³-hybridized carbons (Fsp3) is 0.941. The molecule has 4 N–H and O–H groups in total. The van der Waals surface area contributed by atoms with Crippen LogP contribution in [0.15, 0.2) is 0 Å². The maximum atomic E-state index is 13.6. The molecule has 1 saturated heterocycles. The third-order valence-corrected chi connectivity index (χ3v) is 8.50. The summed E-state index contributed by atoms with van der Waals surface area (Å²) in [4.78, 5) is 12.6. The van der Waals surface area contributed by atoms with Crippen LogP contribution in [0.1, 0.15) is 38.5 Å². The molecule has 28 heavy (non-hydrogen) atoms. The first-order chi connectivity index (χ1) is 13.1. The molecule has 6 atom stereocenters. The quantitative estimate of drug-likeness (QED) is 0.592. The van der Waals surface area contributed by atoms with E-state index in [1.54, 1.807) is 0 Å². The molecule has 1 amide bonds. The summed E-state index contributed by atoms with van der Waals surface area (Å²) in [7, 11) is -3.77. The van der Waals surface area contributed by atoms with Gasteiger partial charge in [0.2, 0.25) is 15.9 Å². The molecule has 0 bridgehead atoms. The predicted molar refractivity (Wildman–Crippen MR) is 96.1 cm³/mol. The number of amides is 1. The van der Waals surface area contributed by atoms with Crippen molar-refractivity contribution in [2.75, 3.05) is 13.1 Å². The number of nitrogens with one attached hydrogen (secondary N) is 1. The Morgan fingerprint density at radius 1 is 1.07 bits per heavy atom. The molecule has 2 saturated carbocycles. The molecule has 0 aromatic heterocycles. The number of carbonyl (C=O) groups excluding carboxylic acids is 1. The number of rotatable bonds is 4. The SMILES string of the molecule is NC1CCC(C(=O)NC2CC(F)C(F)C(F)C2)CC1S(=O)(=O)N1CCC(O)C1. The molecule has 1 aliphatic heterocycles. The van der Waals surface area contributed by atoms with E-state index in [2.05, 4.69) is 5.32 Å². The van der Waals surface area contributed by atoms with Crippen molar-refractivity contribution in [2.45, 2.75) is 80.5 Å². The number of hydrogen-bond acceptors (Lipinski definition) is 5. The summed E-state index contributed by atoms with van der Waals surface area (Å²) in [6.45, 7) is 0.233. The zero-order valence-corrected chi connectivity index (χ0v) is 16.3. The van der Waals surface area contributed by atoms with Crippen LogP contribution in [0.25, 0.3) is 0 Å². The van der Waals surface area contributed by atoms with Crippen molar-refractivity contribution in [3.8, 4) is 0 Å². The summed E-state index contributed by atoms with van der Waals surface area (Å²) < 4.78 is 67.4. The fourth-order valence-corrected chi connectivity index (χ4v) is 6.61. The molecule has 0 aromatic rings. The minimum Gasteiger partial charge on any atom is -0.392 e. The standard InChI is InChI=1S/C17H28F3N3O4S/c18-12-6-10(7-13(19)16(12)20)22-17(25)9-1-2-14(21)15(5-9)28(26,27)23-4-3-11(24)8-23/h9-16,24H,1-8,21H2,(H,22,25). The van der Waals surface area contributed by atoms with Crippen molar-refractivity contribution in [2.24, 2.45) is 11.7 Å². The average molecular weight is 427 g/mol. The Balaban J connectivity index is 1.63. The van der Waals surface area contributed by atoms with Gasteiger partial charge in [-0.3, -0.25) is 4.79 Å². The summed E-state index contributed by atoms with van der Waals surface area (Å²) >= 11 is 0. The summed E-state index contributed by atoms with van der Waals surface area (Å²) in [5, 5.41) is 11.2. The first-order valence-corrected chi connectivity index (χ1v) is 11.2. The van der Waals surface area contributed by atoms with Gasteiger partial charge >= 0.3 is 0 Å². The molecule has 6 unspecified atom stereocenters. The minimum atomic E-state index is -3.77. The van der Waals surface area contributed by atoms with Gasteiger partial charge < -0.3 is 16.2 Å². The molecular formula is C17H28F3N3O4S.